The van der Waals surface area contributed by atoms with Crippen LogP contribution >= 0.6 is 0 Å². The Morgan fingerprint density at radius 2 is 1.70 bits per heavy atom. The van der Waals surface area contributed by atoms with E-state index in [-0.39, 0.29) is 0 Å². The summed E-state index contributed by atoms with van der Waals surface area (Å²) < 4.78 is 0. The number of rotatable bonds is 4. The van der Waals surface area contributed by atoms with Crippen molar-refractivity contribution in [1.29, 1.82) is 0 Å². The fourth-order valence-electron chi connectivity index (χ4n) is 0.916. The molecule has 10 heavy (non-hydrogen) atoms. The van der Waals surface area contributed by atoms with Gasteiger partial charge < -0.3 is 5.73 Å². The highest BCUT2D eigenvalue weighted by Gasteiger charge is 2.10. The summed E-state index contributed by atoms with van der Waals surface area (Å²) in [6.07, 6.45) is 2.28. The molecule has 1 nitrogen and oxygen atoms in total. The molecule has 0 aliphatic rings. The van der Waals surface area contributed by atoms with Gasteiger partial charge in [0, 0.05) is 6.04 Å². The zero-order chi connectivity index (χ0) is 8.15. The van der Waals surface area contributed by atoms with E-state index in [9.17, 15) is 0 Å². The van der Waals surface area contributed by atoms with Gasteiger partial charge in [0.2, 0.25) is 0 Å². The van der Waals surface area contributed by atoms with Crippen LogP contribution in [-0.4, -0.2) is 6.04 Å². The van der Waals surface area contributed by atoms with Crippen LogP contribution in [-0.2, 0) is 0 Å². The minimum atomic E-state index is 0.414. The summed E-state index contributed by atoms with van der Waals surface area (Å²) in [5.41, 5.74) is 5.81. The first-order valence-corrected chi connectivity index (χ1v) is 4.33. The summed E-state index contributed by atoms with van der Waals surface area (Å²) in [5, 5.41) is 0. The molecule has 0 rings (SSSR count). The summed E-state index contributed by atoms with van der Waals surface area (Å²) in [6, 6.07) is 0.414. The van der Waals surface area contributed by atoms with Crippen molar-refractivity contribution in [3.05, 3.63) is 0 Å². The Morgan fingerprint density at radius 1 is 1.20 bits per heavy atom. The van der Waals surface area contributed by atoms with Gasteiger partial charge in [-0.15, -0.1) is 0 Å². The van der Waals surface area contributed by atoms with E-state index < -0.39 is 0 Å². The van der Waals surface area contributed by atoms with Crippen molar-refractivity contribution in [2.75, 3.05) is 0 Å². The van der Waals surface area contributed by atoms with E-state index in [0.29, 0.717) is 6.04 Å². The van der Waals surface area contributed by atoms with Crippen LogP contribution in [0.1, 0.15) is 40.5 Å². The molecule has 0 fully saturated rings. The Hall–Kier alpha value is -0.0400. The first kappa shape index (κ1) is 9.96. The highest BCUT2D eigenvalue weighted by molar-refractivity contribution is 4.65. The van der Waals surface area contributed by atoms with E-state index in [1.165, 1.54) is 6.42 Å². The van der Waals surface area contributed by atoms with E-state index in [1.807, 2.05) is 0 Å². The molecule has 0 spiro atoms. The molecule has 0 saturated carbocycles. The lowest BCUT2D eigenvalue weighted by molar-refractivity contribution is 0.356. The predicted molar refractivity (Wildman–Crippen MR) is 46.9 cm³/mol. The van der Waals surface area contributed by atoms with Crippen LogP contribution in [0.15, 0.2) is 0 Å². The maximum atomic E-state index is 5.81. The third-order valence-corrected chi connectivity index (χ3v) is 2.34. The van der Waals surface area contributed by atoms with Crippen molar-refractivity contribution in [2.45, 2.75) is 46.6 Å². The van der Waals surface area contributed by atoms with Gasteiger partial charge >= 0.3 is 0 Å². The maximum Gasteiger partial charge on any atom is 0.00388 e. The maximum absolute atomic E-state index is 5.81. The minimum absolute atomic E-state index is 0.414. The first-order valence-electron chi connectivity index (χ1n) is 4.33. The van der Waals surface area contributed by atoms with Crippen LogP contribution in [0.25, 0.3) is 0 Å². The zero-order valence-corrected chi connectivity index (χ0v) is 7.72. The van der Waals surface area contributed by atoms with E-state index >= 15 is 0 Å². The second-order valence-corrected chi connectivity index (χ2v) is 3.63. The van der Waals surface area contributed by atoms with Gasteiger partial charge in [0.05, 0.1) is 0 Å². The zero-order valence-electron chi connectivity index (χ0n) is 7.72. The van der Waals surface area contributed by atoms with Gasteiger partial charge in [0.25, 0.3) is 0 Å². The largest absolute Gasteiger partial charge is 0.328 e. The quantitative estimate of drug-likeness (QED) is 0.642. The van der Waals surface area contributed by atoms with Gasteiger partial charge in [-0.3, -0.25) is 0 Å². The molecular formula is C9H21N. The Balaban J connectivity index is 3.46. The normalized spacial score (nSPS) is 17.4. The van der Waals surface area contributed by atoms with Crippen molar-refractivity contribution < 1.29 is 0 Å². The highest BCUT2D eigenvalue weighted by atomic mass is 14.6. The number of nitrogens with two attached hydrogens (primary N) is 1. The summed E-state index contributed by atoms with van der Waals surface area (Å²) in [5.74, 6) is 1.55. The molecule has 0 bridgehead atoms. The SMILES string of the molecule is CCC(N)CC(C)C(C)C. The van der Waals surface area contributed by atoms with Crippen molar-refractivity contribution in [1.82, 2.24) is 0 Å². The van der Waals surface area contributed by atoms with Crippen LogP contribution in [0.4, 0.5) is 0 Å². The van der Waals surface area contributed by atoms with Gasteiger partial charge in [-0.05, 0) is 24.7 Å². The molecule has 0 aromatic carbocycles. The van der Waals surface area contributed by atoms with Gasteiger partial charge in [0.15, 0.2) is 0 Å². The Labute approximate surface area is 65.0 Å². The summed E-state index contributed by atoms with van der Waals surface area (Å²) >= 11 is 0. The number of hydrogen-bond donors (Lipinski definition) is 1. The van der Waals surface area contributed by atoms with Crippen LogP contribution in [0, 0.1) is 11.8 Å². The van der Waals surface area contributed by atoms with E-state index in [1.54, 1.807) is 0 Å². The summed E-state index contributed by atoms with van der Waals surface area (Å²) in [4.78, 5) is 0. The van der Waals surface area contributed by atoms with Crippen LogP contribution in [0.2, 0.25) is 0 Å². The Morgan fingerprint density at radius 3 is 2.00 bits per heavy atom. The van der Waals surface area contributed by atoms with Crippen LogP contribution in [0.5, 0.6) is 0 Å². The molecule has 0 saturated heterocycles. The van der Waals surface area contributed by atoms with Crippen LogP contribution < -0.4 is 5.73 Å². The van der Waals surface area contributed by atoms with Crippen molar-refractivity contribution >= 4 is 0 Å². The minimum Gasteiger partial charge on any atom is -0.328 e. The molecule has 0 amide bonds. The van der Waals surface area contributed by atoms with Crippen LogP contribution in [0.3, 0.4) is 0 Å². The molecule has 2 atom stereocenters. The molecule has 0 aliphatic heterocycles. The summed E-state index contributed by atoms with van der Waals surface area (Å²) in [6.45, 7) is 8.94. The average molecular weight is 143 g/mol. The van der Waals surface area contributed by atoms with E-state index in [4.69, 9.17) is 5.73 Å². The van der Waals surface area contributed by atoms with Crippen molar-refractivity contribution in [2.24, 2.45) is 17.6 Å². The first-order chi connectivity index (χ1) is 4.57. The third kappa shape index (κ3) is 3.89. The second-order valence-electron chi connectivity index (χ2n) is 3.63. The fraction of sp³-hybridized carbons (Fsp3) is 1.00. The van der Waals surface area contributed by atoms with Gasteiger partial charge in [-0.2, -0.15) is 0 Å². The molecule has 62 valence electrons. The standard InChI is InChI=1S/C9H21N/c1-5-9(10)6-8(4)7(2)3/h7-9H,5-6,10H2,1-4H3. The van der Waals surface area contributed by atoms with Crippen molar-refractivity contribution in [3.63, 3.8) is 0 Å². The van der Waals surface area contributed by atoms with Gasteiger partial charge in [-0.1, -0.05) is 27.7 Å². The molecular weight excluding hydrogens is 122 g/mol. The lowest BCUT2D eigenvalue weighted by Crippen LogP contribution is -2.23. The van der Waals surface area contributed by atoms with Crippen molar-refractivity contribution in [3.8, 4) is 0 Å². The topological polar surface area (TPSA) is 26.0 Å². The Bertz CT molecular complexity index is 78.8. The Kier molecular flexibility index (Phi) is 4.71. The molecule has 1 heteroatoms. The van der Waals surface area contributed by atoms with Gasteiger partial charge in [0.1, 0.15) is 0 Å². The molecule has 2 unspecified atom stereocenters. The highest BCUT2D eigenvalue weighted by Crippen LogP contribution is 2.15. The molecule has 2 N–H and O–H groups in total. The second kappa shape index (κ2) is 4.73. The van der Waals surface area contributed by atoms with E-state index in [2.05, 4.69) is 27.7 Å². The predicted octanol–water partition coefficient (Wildman–Crippen LogP) is 2.41. The summed E-state index contributed by atoms with van der Waals surface area (Å²) in [7, 11) is 0. The molecule has 0 heterocycles. The fourth-order valence-corrected chi connectivity index (χ4v) is 0.916. The lowest BCUT2D eigenvalue weighted by Gasteiger charge is -2.18. The van der Waals surface area contributed by atoms with Gasteiger partial charge in [-0.25, -0.2) is 0 Å². The van der Waals surface area contributed by atoms with E-state index in [0.717, 1.165) is 18.3 Å². The molecule has 0 radical (unpaired) electrons. The smallest absolute Gasteiger partial charge is 0.00388 e. The lowest BCUT2D eigenvalue weighted by atomic mass is 9.91. The molecule has 0 aromatic heterocycles. The monoisotopic (exact) mass is 143 g/mol. The number of hydrogen-bond acceptors (Lipinski definition) is 1. The molecule has 0 aliphatic carbocycles. The average Bonchev–Trinajstić information content (AvgIpc) is 1.87. The molecule has 0 aromatic rings. The third-order valence-electron chi connectivity index (χ3n) is 2.34.